The fraction of sp³-hybridized carbons (Fsp3) is 0.650. The van der Waals surface area contributed by atoms with Gasteiger partial charge in [0.1, 0.15) is 11.2 Å². The van der Waals surface area contributed by atoms with Crippen molar-refractivity contribution in [1.29, 1.82) is 0 Å². The molecule has 2 heterocycles. The minimum Gasteiger partial charge on any atom is -0.378 e. The highest BCUT2D eigenvalue weighted by Crippen LogP contribution is 2.23. The quantitative estimate of drug-likeness (QED) is 0.788. The molecule has 0 spiro atoms. The van der Waals surface area contributed by atoms with Crippen molar-refractivity contribution in [1.82, 2.24) is 19.7 Å². The van der Waals surface area contributed by atoms with Crippen LogP contribution in [0.15, 0.2) is 11.0 Å². The number of nitrogens with one attached hydrogen (secondary N) is 1. The van der Waals surface area contributed by atoms with Gasteiger partial charge in [0.2, 0.25) is 0 Å². The fourth-order valence-electron chi connectivity index (χ4n) is 3.87. The summed E-state index contributed by atoms with van der Waals surface area (Å²) in [6, 6.07) is 0.113. The summed E-state index contributed by atoms with van der Waals surface area (Å²) in [5.74, 6) is -0.224. The molecule has 148 valence electrons. The summed E-state index contributed by atoms with van der Waals surface area (Å²) in [6.45, 7) is 4.88. The highest BCUT2D eigenvalue weighted by Gasteiger charge is 2.26. The first-order valence-electron chi connectivity index (χ1n) is 9.87. The molecule has 0 unspecified atom stereocenters. The molecule has 0 saturated heterocycles. The number of aromatic nitrogens is 3. The predicted molar refractivity (Wildman–Crippen MR) is 105 cm³/mol. The third kappa shape index (κ3) is 4.08. The highest BCUT2D eigenvalue weighted by molar-refractivity contribution is 6.05. The molecule has 2 aromatic rings. The van der Waals surface area contributed by atoms with Gasteiger partial charge < -0.3 is 14.6 Å². The average Bonchev–Trinajstić information content (AvgIpc) is 2.99. The number of nitrogens with zero attached hydrogens (tertiary/aromatic N) is 3. The van der Waals surface area contributed by atoms with Gasteiger partial charge in [0, 0.05) is 32.9 Å². The lowest BCUT2D eigenvalue weighted by Gasteiger charge is -2.29. The Morgan fingerprint density at radius 2 is 2.00 bits per heavy atom. The van der Waals surface area contributed by atoms with Crippen LogP contribution in [0.3, 0.4) is 0 Å². The van der Waals surface area contributed by atoms with Gasteiger partial charge in [-0.25, -0.2) is 0 Å². The first kappa shape index (κ1) is 19.6. The Balaban J connectivity index is 1.71. The number of rotatable bonds is 6. The van der Waals surface area contributed by atoms with Crippen LogP contribution in [0.25, 0.3) is 10.9 Å². The minimum absolute atomic E-state index is 0.113. The van der Waals surface area contributed by atoms with E-state index in [1.807, 2.05) is 6.92 Å². The minimum atomic E-state index is -0.224. The molecule has 0 radical (unpaired) electrons. The van der Waals surface area contributed by atoms with Crippen molar-refractivity contribution in [2.75, 3.05) is 6.61 Å². The molecule has 1 aliphatic rings. The Labute approximate surface area is 159 Å². The number of unbranched alkanes of at least 4 members (excludes halogenated alkanes) is 1. The van der Waals surface area contributed by atoms with E-state index in [9.17, 15) is 9.59 Å². The number of carbonyl (C=O) groups is 1. The molecule has 2 aromatic heterocycles. The zero-order valence-corrected chi connectivity index (χ0v) is 16.7. The molecule has 1 aliphatic carbocycles. The van der Waals surface area contributed by atoms with Crippen LogP contribution in [0.1, 0.15) is 61.5 Å². The molecule has 7 nitrogen and oxygen atoms in total. The number of ether oxygens (including phenoxy) is 1. The van der Waals surface area contributed by atoms with Crippen LogP contribution >= 0.6 is 0 Å². The smallest absolute Gasteiger partial charge is 0.270 e. The summed E-state index contributed by atoms with van der Waals surface area (Å²) in [5, 5.41) is 7.91. The molecule has 7 heteroatoms. The van der Waals surface area contributed by atoms with Crippen LogP contribution in [-0.2, 0) is 18.8 Å². The predicted octanol–water partition coefficient (Wildman–Crippen LogP) is 2.44. The normalized spacial score (nSPS) is 20.1. The highest BCUT2D eigenvalue weighted by atomic mass is 16.5. The zero-order valence-electron chi connectivity index (χ0n) is 16.7. The first-order chi connectivity index (χ1) is 12.9. The molecule has 0 aromatic carbocycles. The maximum atomic E-state index is 12.9. The van der Waals surface area contributed by atoms with Gasteiger partial charge in [0.25, 0.3) is 11.5 Å². The third-order valence-electron chi connectivity index (χ3n) is 5.42. The Bertz CT molecular complexity index is 875. The molecular weight excluding hydrogens is 344 g/mol. The van der Waals surface area contributed by atoms with Crippen molar-refractivity contribution in [2.24, 2.45) is 14.1 Å². The van der Waals surface area contributed by atoms with E-state index in [1.54, 1.807) is 20.3 Å². The first-order valence-corrected chi connectivity index (χ1v) is 9.87. The number of fused-ring (bicyclic) bond motifs is 1. The van der Waals surface area contributed by atoms with Crippen LogP contribution in [0.5, 0.6) is 0 Å². The average molecular weight is 374 g/mol. The lowest BCUT2D eigenvalue weighted by Crippen LogP contribution is -2.40. The van der Waals surface area contributed by atoms with Gasteiger partial charge in [-0.1, -0.05) is 13.3 Å². The fourth-order valence-corrected chi connectivity index (χ4v) is 3.87. The molecule has 1 N–H and O–H groups in total. The summed E-state index contributed by atoms with van der Waals surface area (Å²) in [5.41, 5.74) is 1.63. The number of carbonyl (C=O) groups excluding carboxylic acids is 1. The Hall–Kier alpha value is -2.15. The molecule has 1 amide bonds. The zero-order chi connectivity index (χ0) is 19.6. The van der Waals surface area contributed by atoms with Gasteiger partial charge in [-0.15, -0.1) is 0 Å². The van der Waals surface area contributed by atoms with Crippen LogP contribution in [-0.4, -0.2) is 39.0 Å². The topological polar surface area (TPSA) is 78.2 Å². The second kappa shape index (κ2) is 8.25. The van der Waals surface area contributed by atoms with Crippen LogP contribution in [0, 0.1) is 6.92 Å². The van der Waals surface area contributed by atoms with Crippen LogP contribution in [0.2, 0.25) is 0 Å². The molecule has 1 saturated carbocycles. The number of pyridine rings is 1. The number of hydrogen-bond acceptors (Lipinski definition) is 4. The van der Waals surface area contributed by atoms with Crippen molar-refractivity contribution in [3.05, 3.63) is 27.8 Å². The number of amides is 1. The maximum absolute atomic E-state index is 12.9. The summed E-state index contributed by atoms with van der Waals surface area (Å²) >= 11 is 0. The van der Waals surface area contributed by atoms with Crippen LogP contribution < -0.4 is 10.9 Å². The van der Waals surface area contributed by atoms with Gasteiger partial charge in [0.15, 0.2) is 0 Å². The third-order valence-corrected chi connectivity index (χ3v) is 5.42. The van der Waals surface area contributed by atoms with Crippen molar-refractivity contribution >= 4 is 16.8 Å². The van der Waals surface area contributed by atoms with Crippen molar-refractivity contribution < 1.29 is 9.53 Å². The van der Waals surface area contributed by atoms with Gasteiger partial charge in [0.05, 0.1) is 11.5 Å². The van der Waals surface area contributed by atoms with E-state index >= 15 is 0 Å². The SMILES string of the molecule is CCCCOC1CCC(NC(=O)c2c3c(=O)n(C)cc(C)c3nn2C)CC1. The maximum Gasteiger partial charge on any atom is 0.270 e. The van der Waals surface area contributed by atoms with Crippen molar-refractivity contribution in [2.45, 2.75) is 64.5 Å². The largest absolute Gasteiger partial charge is 0.378 e. The van der Waals surface area contributed by atoms with E-state index in [2.05, 4.69) is 17.3 Å². The summed E-state index contributed by atoms with van der Waals surface area (Å²) < 4.78 is 8.93. The Morgan fingerprint density at radius 3 is 2.67 bits per heavy atom. The monoisotopic (exact) mass is 374 g/mol. The summed E-state index contributed by atoms with van der Waals surface area (Å²) in [4.78, 5) is 25.5. The molecule has 1 fully saturated rings. The number of hydrogen-bond donors (Lipinski definition) is 1. The van der Waals surface area contributed by atoms with E-state index in [1.165, 1.54) is 9.25 Å². The van der Waals surface area contributed by atoms with E-state index in [0.717, 1.165) is 50.7 Å². The molecule has 0 atom stereocenters. The van der Waals surface area contributed by atoms with E-state index in [4.69, 9.17) is 4.74 Å². The second-order valence-corrected chi connectivity index (χ2v) is 7.60. The second-order valence-electron chi connectivity index (χ2n) is 7.60. The Morgan fingerprint density at radius 1 is 1.30 bits per heavy atom. The van der Waals surface area contributed by atoms with Crippen molar-refractivity contribution in [3.8, 4) is 0 Å². The van der Waals surface area contributed by atoms with Gasteiger partial charge >= 0.3 is 0 Å². The standard InChI is InChI=1S/C20H30N4O3/c1-5-6-11-27-15-9-7-14(8-10-15)21-19(25)18-16-17(22-24(18)4)13(2)12-23(3)20(16)26/h12,14-15H,5-11H2,1-4H3,(H,21,25). The van der Waals surface area contributed by atoms with Crippen molar-refractivity contribution in [3.63, 3.8) is 0 Å². The van der Waals surface area contributed by atoms with Crippen LogP contribution in [0.4, 0.5) is 0 Å². The molecule has 3 rings (SSSR count). The van der Waals surface area contributed by atoms with Gasteiger partial charge in [-0.3, -0.25) is 14.3 Å². The molecular formula is C20H30N4O3. The molecule has 0 aliphatic heterocycles. The number of aryl methyl sites for hydroxylation is 3. The Kier molecular flexibility index (Phi) is 5.99. The van der Waals surface area contributed by atoms with Gasteiger partial charge in [-0.05, 0) is 44.6 Å². The molecule has 0 bridgehead atoms. The van der Waals surface area contributed by atoms with Gasteiger partial charge in [-0.2, -0.15) is 5.10 Å². The van der Waals surface area contributed by atoms with E-state index in [0.29, 0.717) is 22.7 Å². The summed E-state index contributed by atoms with van der Waals surface area (Å²) in [7, 11) is 3.41. The summed E-state index contributed by atoms with van der Waals surface area (Å²) in [6.07, 6.45) is 8.01. The van der Waals surface area contributed by atoms with E-state index in [-0.39, 0.29) is 17.5 Å². The lowest BCUT2D eigenvalue weighted by molar-refractivity contribution is 0.0209. The lowest BCUT2D eigenvalue weighted by atomic mass is 9.92. The van der Waals surface area contributed by atoms with E-state index < -0.39 is 0 Å². The molecule has 27 heavy (non-hydrogen) atoms.